The molecule has 1 N–H and O–H groups in total. The average molecular weight is 420 g/mol. The van der Waals surface area contributed by atoms with Crippen LogP contribution in [0.1, 0.15) is 23.2 Å². The summed E-state index contributed by atoms with van der Waals surface area (Å²) in [5, 5.41) is 2.72. The summed E-state index contributed by atoms with van der Waals surface area (Å²) in [5.41, 5.74) is 1.40. The van der Waals surface area contributed by atoms with Gasteiger partial charge in [-0.05, 0) is 42.8 Å². The zero-order valence-corrected chi connectivity index (χ0v) is 17.4. The number of methoxy groups -OCH3 is 2. The van der Waals surface area contributed by atoms with Gasteiger partial charge in [-0.3, -0.25) is 9.10 Å². The molecule has 29 heavy (non-hydrogen) atoms. The fourth-order valence-electron chi connectivity index (χ4n) is 2.67. The van der Waals surface area contributed by atoms with Crippen molar-refractivity contribution in [3.05, 3.63) is 54.1 Å². The highest BCUT2D eigenvalue weighted by atomic mass is 32.2. The lowest BCUT2D eigenvalue weighted by atomic mass is 10.2. The largest absolute Gasteiger partial charge is 0.497 e. The third kappa shape index (κ3) is 6.49. The molecule has 1 amide bonds. The monoisotopic (exact) mass is 420 g/mol. The van der Waals surface area contributed by atoms with E-state index in [9.17, 15) is 18.0 Å². The van der Waals surface area contributed by atoms with Crippen molar-refractivity contribution < 1.29 is 27.5 Å². The molecule has 0 aromatic heterocycles. The second-order valence-corrected chi connectivity index (χ2v) is 8.16. The lowest BCUT2D eigenvalue weighted by Crippen LogP contribution is -2.31. The Hall–Kier alpha value is -3.07. The van der Waals surface area contributed by atoms with Crippen LogP contribution in [0.3, 0.4) is 0 Å². The minimum absolute atomic E-state index is 0.134. The van der Waals surface area contributed by atoms with Gasteiger partial charge in [0.1, 0.15) is 5.75 Å². The van der Waals surface area contributed by atoms with Crippen molar-refractivity contribution in [1.29, 1.82) is 0 Å². The van der Waals surface area contributed by atoms with Crippen LogP contribution in [0.25, 0.3) is 0 Å². The number of ether oxygens (including phenoxy) is 2. The normalized spacial score (nSPS) is 10.9. The average Bonchev–Trinajstić information content (AvgIpc) is 2.70. The summed E-state index contributed by atoms with van der Waals surface area (Å²) < 4.78 is 35.3. The van der Waals surface area contributed by atoms with Crippen molar-refractivity contribution >= 4 is 33.3 Å². The Bertz CT molecular complexity index is 957. The molecule has 0 spiro atoms. The number of nitrogens with one attached hydrogen (secondary N) is 1. The zero-order chi connectivity index (χ0) is 21.4. The van der Waals surface area contributed by atoms with E-state index in [-0.39, 0.29) is 18.9 Å². The maximum absolute atomic E-state index is 12.2. The minimum Gasteiger partial charge on any atom is -0.497 e. The Kier molecular flexibility index (Phi) is 7.60. The Morgan fingerprint density at radius 2 is 1.76 bits per heavy atom. The van der Waals surface area contributed by atoms with Crippen LogP contribution in [0.15, 0.2) is 48.5 Å². The molecule has 0 saturated heterocycles. The minimum atomic E-state index is -3.51. The quantitative estimate of drug-likeness (QED) is 0.626. The molecular weight excluding hydrogens is 396 g/mol. The Labute approximate surface area is 170 Å². The van der Waals surface area contributed by atoms with Gasteiger partial charge in [0.15, 0.2) is 0 Å². The number of sulfonamides is 1. The molecule has 8 nitrogen and oxygen atoms in total. The smallest absolute Gasteiger partial charge is 0.337 e. The number of rotatable bonds is 9. The van der Waals surface area contributed by atoms with Crippen LogP contribution < -0.4 is 14.4 Å². The highest BCUT2D eigenvalue weighted by molar-refractivity contribution is 7.92. The first-order valence-corrected chi connectivity index (χ1v) is 10.7. The fraction of sp³-hybridized carbons (Fsp3) is 0.300. The number of anilines is 2. The van der Waals surface area contributed by atoms with Gasteiger partial charge in [-0.2, -0.15) is 0 Å². The molecule has 2 aromatic carbocycles. The maximum Gasteiger partial charge on any atom is 0.337 e. The summed E-state index contributed by atoms with van der Waals surface area (Å²) in [6.07, 6.45) is 1.58. The second kappa shape index (κ2) is 9.92. The molecule has 0 aliphatic rings. The van der Waals surface area contributed by atoms with Gasteiger partial charge in [-0.1, -0.05) is 6.07 Å². The number of carbonyl (C=O) groups excluding carboxylic acids is 2. The Morgan fingerprint density at radius 1 is 1.07 bits per heavy atom. The number of amides is 1. The van der Waals surface area contributed by atoms with E-state index in [2.05, 4.69) is 10.1 Å². The van der Waals surface area contributed by atoms with E-state index in [1.165, 1.54) is 18.5 Å². The lowest BCUT2D eigenvalue weighted by Gasteiger charge is -2.22. The number of nitrogens with zero attached hydrogens (tertiary/aromatic N) is 1. The maximum atomic E-state index is 12.2. The molecule has 0 heterocycles. The van der Waals surface area contributed by atoms with Crippen LogP contribution in [0.2, 0.25) is 0 Å². The third-order valence-electron chi connectivity index (χ3n) is 4.10. The first-order chi connectivity index (χ1) is 13.7. The van der Waals surface area contributed by atoms with E-state index >= 15 is 0 Å². The highest BCUT2D eigenvalue weighted by Crippen LogP contribution is 2.23. The van der Waals surface area contributed by atoms with Crippen molar-refractivity contribution in [3.8, 4) is 5.75 Å². The number of carbonyl (C=O) groups is 2. The molecule has 156 valence electrons. The topological polar surface area (TPSA) is 102 Å². The highest BCUT2D eigenvalue weighted by Gasteiger charge is 2.18. The number of benzene rings is 2. The van der Waals surface area contributed by atoms with E-state index in [0.29, 0.717) is 29.1 Å². The van der Waals surface area contributed by atoms with Gasteiger partial charge in [-0.25, -0.2) is 13.2 Å². The number of hydrogen-bond acceptors (Lipinski definition) is 6. The fourth-order valence-corrected chi connectivity index (χ4v) is 3.62. The summed E-state index contributed by atoms with van der Waals surface area (Å²) in [6.45, 7) is 0.153. The van der Waals surface area contributed by atoms with Gasteiger partial charge < -0.3 is 14.8 Å². The van der Waals surface area contributed by atoms with E-state index in [1.807, 2.05) is 0 Å². The third-order valence-corrected chi connectivity index (χ3v) is 5.29. The van der Waals surface area contributed by atoms with Crippen LogP contribution in [0.4, 0.5) is 11.4 Å². The van der Waals surface area contributed by atoms with Crippen molar-refractivity contribution in [3.63, 3.8) is 0 Å². The molecule has 0 radical (unpaired) electrons. The predicted octanol–water partition coefficient (Wildman–Crippen LogP) is 2.67. The van der Waals surface area contributed by atoms with E-state index in [4.69, 9.17) is 4.74 Å². The number of esters is 1. The Morgan fingerprint density at radius 3 is 2.34 bits per heavy atom. The van der Waals surface area contributed by atoms with Crippen molar-refractivity contribution in [2.75, 3.05) is 36.6 Å². The molecule has 2 rings (SSSR count). The van der Waals surface area contributed by atoms with Crippen molar-refractivity contribution in [2.45, 2.75) is 12.8 Å². The summed E-state index contributed by atoms with van der Waals surface area (Å²) in [6, 6.07) is 13.0. The molecular formula is C20H24N2O6S. The van der Waals surface area contributed by atoms with Crippen LogP contribution in [-0.4, -0.2) is 47.3 Å². The summed E-state index contributed by atoms with van der Waals surface area (Å²) in [5.74, 6) is -0.166. The number of hydrogen-bond donors (Lipinski definition) is 1. The Balaban J connectivity index is 1.95. The summed E-state index contributed by atoms with van der Waals surface area (Å²) >= 11 is 0. The van der Waals surface area contributed by atoms with Gasteiger partial charge in [0.2, 0.25) is 15.9 Å². The van der Waals surface area contributed by atoms with Crippen LogP contribution in [0.5, 0.6) is 5.75 Å². The van der Waals surface area contributed by atoms with Crippen LogP contribution in [-0.2, 0) is 19.6 Å². The van der Waals surface area contributed by atoms with Gasteiger partial charge in [0.05, 0.1) is 31.7 Å². The molecule has 0 fully saturated rings. The van der Waals surface area contributed by atoms with Gasteiger partial charge >= 0.3 is 5.97 Å². The van der Waals surface area contributed by atoms with Crippen molar-refractivity contribution in [1.82, 2.24) is 0 Å². The molecule has 0 aliphatic carbocycles. The van der Waals surface area contributed by atoms with Crippen LogP contribution >= 0.6 is 0 Å². The predicted molar refractivity (Wildman–Crippen MR) is 111 cm³/mol. The molecule has 0 unspecified atom stereocenters. The molecule has 2 aromatic rings. The molecule has 0 saturated carbocycles. The van der Waals surface area contributed by atoms with Crippen LogP contribution in [0, 0.1) is 0 Å². The van der Waals surface area contributed by atoms with Crippen molar-refractivity contribution in [2.24, 2.45) is 0 Å². The second-order valence-electron chi connectivity index (χ2n) is 6.26. The summed E-state index contributed by atoms with van der Waals surface area (Å²) in [4.78, 5) is 23.6. The zero-order valence-electron chi connectivity index (χ0n) is 16.5. The summed E-state index contributed by atoms with van der Waals surface area (Å²) in [7, 11) is -0.712. The first-order valence-electron chi connectivity index (χ1n) is 8.84. The lowest BCUT2D eigenvalue weighted by molar-refractivity contribution is -0.116. The van der Waals surface area contributed by atoms with E-state index < -0.39 is 16.0 Å². The van der Waals surface area contributed by atoms with Gasteiger partial charge in [0, 0.05) is 24.7 Å². The standard InChI is InChI=1S/C20H24N2O6S/c1-27-18-7-4-6-17(14-18)22(29(3,25)26)13-5-8-19(23)21-16-11-9-15(10-12-16)20(24)28-2/h4,6-7,9-12,14H,5,8,13H2,1-3H3,(H,21,23). The molecule has 0 atom stereocenters. The van der Waals surface area contributed by atoms with E-state index in [1.54, 1.807) is 48.5 Å². The molecule has 0 aliphatic heterocycles. The van der Waals surface area contributed by atoms with Gasteiger partial charge in [0.25, 0.3) is 0 Å². The van der Waals surface area contributed by atoms with E-state index in [0.717, 1.165) is 6.26 Å². The molecule has 0 bridgehead atoms. The van der Waals surface area contributed by atoms with Gasteiger partial charge in [-0.15, -0.1) is 0 Å². The SMILES string of the molecule is COC(=O)c1ccc(NC(=O)CCCN(c2cccc(OC)c2)S(C)(=O)=O)cc1. The molecule has 9 heteroatoms. The first kappa shape index (κ1) is 22.2.